The number of fused-ring (bicyclic) bond motifs is 3. The molecule has 0 radical (unpaired) electrons. The Hall–Kier alpha value is -8.45. The summed E-state index contributed by atoms with van der Waals surface area (Å²) in [6.45, 7) is 0. The van der Waals surface area contributed by atoms with Crippen molar-refractivity contribution in [2.75, 3.05) is 0 Å². The molecule has 0 amide bonds. The summed E-state index contributed by atoms with van der Waals surface area (Å²) in [6, 6.07) is 67.1. The predicted molar refractivity (Wildman–Crippen MR) is 235 cm³/mol. The maximum atomic E-state index is 9.59. The van der Waals surface area contributed by atoms with Gasteiger partial charge in [-0.1, -0.05) is 133 Å². The first-order valence-electron chi connectivity index (χ1n) is 19.2. The summed E-state index contributed by atoms with van der Waals surface area (Å²) in [5, 5.41) is 21.3. The average molecular weight is 754 g/mol. The van der Waals surface area contributed by atoms with Crippen molar-refractivity contribution in [2.24, 2.45) is 0 Å². The predicted octanol–water partition coefficient (Wildman–Crippen LogP) is 13.2. The molecule has 10 rings (SSSR count). The van der Waals surface area contributed by atoms with Gasteiger partial charge in [0.15, 0.2) is 17.5 Å². The fraction of sp³-hybridized carbons (Fsp3) is 0. The molecule has 274 valence electrons. The lowest BCUT2D eigenvalue weighted by Gasteiger charge is -2.13. The molecule has 0 aliphatic heterocycles. The highest BCUT2D eigenvalue weighted by atomic mass is 16.3. The first-order valence-corrected chi connectivity index (χ1v) is 19.2. The summed E-state index contributed by atoms with van der Waals surface area (Å²) in [6.07, 6.45) is 0. The molecule has 0 spiro atoms. The molecule has 0 fully saturated rings. The number of nitrogens with zero attached hydrogens (tertiary/aromatic N) is 5. The van der Waals surface area contributed by atoms with Gasteiger partial charge in [0.2, 0.25) is 0 Å². The van der Waals surface area contributed by atoms with Crippen LogP contribution in [0.4, 0.5) is 0 Å². The summed E-state index contributed by atoms with van der Waals surface area (Å²) < 4.78 is 6.51. The third-order valence-corrected chi connectivity index (χ3v) is 10.5. The zero-order chi connectivity index (χ0) is 39.7. The summed E-state index contributed by atoms with van der Waals surface area (Å²) in [5.41, 5.74) is 13.0. The Morgan fingerprint density at radius 1 is 0.339 bits per heavy atom. The van der Waals surface area contributed by atoms with Crippen LogP contribution < -0.4 is 0 Å². The summed E-state index contributed by atoms with van der Waals surface area (Å²) >= 11 is 0. The highest BCUT2D eigenvalue weighted by Gasteiger charge is 2.18. The van der Waals surface area contributed by atoms with Crippen LogP contribution in [0.5, 0.6) is 0 Å². The van der Waals surface area contributed by atoms with E-state index in [4.69, 9.17) is 19.4 Å². The minimum atomic E-state index is 0.431. The minimum absolute atomic E-state index is 0.431. The molecule has 59 heavy (non-hydrogen) atoms. The topological polar surface area (TPSA) is 99.4 Å². The van der Waals surface area contributed by atoms with Crippen molar-refractivity contribution in [1.29, 1.82) is 10.5 Å². The smallest absolute Gasteiger partial charge is 0.164 e. The van der Waals surface area contributed by atoms with Crippen molar-refractivity contribution < 1.29 is 4.42 Å². The van der Waals surface area contributed by atoms with Crippen LogP contribution in [-0.4, -0.2) is 15.0 Å². The lowest BCUT2D eigenvalue weighted by molar-refractivity contribution is 0.669. The number of hydrogen-bond acceptors (Lipinski definition) is 6. The van der Waals surface area contributed by atoms with Crippen LogP contribution in [0.2, 0.25) is 0 Å². The van der Waals surface area contributed by atoms with E-state index in [9.17, 15) is 10.5 Å². The van der Waals surface area contributed by atoms with Crippen LogP contribution in [0.3, 0.4) is 0 Å². The van der Waals surface area contributed by atoms with Crippen LogP contribution in [0.15, 0.2) is 192 Å². The van der Waals surface area contributed by atoms with Gasteiger partial charge in [-0.2, -0.15) is 10.5 Å². The lowest BCUT2D eigenvalue weighted by atomic mass is 9.96. The van der Waals surface area contributed by atoms with Gasteiger partial charge in [0.05, 0.1) is 23.3 Å². The Bertz CT molecular complexity index is 3180. The quantitative estimate of drug-likeness (QED) is 0.161. The van der Waals surface area contributed by atoms with Crippen molar-refractivity contribution in [3.63, 3.8) is 0 Å². The number of nitriles is 2. The number of hydrogen-bond donors (Lipinski definition) is 0. The van der Waals surface area contributed by atoms with Gasteiger partial charge in [0.1, 0.15) is 11.2 Å². The number of aromatic nitrogens is 3. The molecule has 6 nitrogen and oxygen atoms in total. The summed E-state index contributed by atoms with van der Waals surface area (Å²) in [7, 11) is 0. The van der Waals surface area contributed by atoms with Gasteiger partial charge in [-0.05, 0) is 99.1 Å². The first-order chi connectivity index (χ1) is 29.1. The van der Waals surface area contributed by atoms with E-state index >= 15 is 0 Å². The third kappa shape index (κ3) is 6.78. The summed E-state index contributed by atoms with van der Waals surface area (Å²) in [4.78, 5) is 15.4. The fourth-order valence-electron chi connectivity index (χ4n) is 7.67. The van der Waals surface area contributed by atoms with E-state index < -0.39 is 0 Å². The number of benzene rings is 8. The zero-order valence-corrected chi connectivity index (χ0v) is 31.5. The molecule has 0 atom stereocenters. The Morgan fingerprint density at radius 2 is 0.814 bits per heavy atom. The van der Waals surface area contributed by atoms with Crippen molar-refractivity contribution >= 4 is 21.9 Å². The van der Waals surface area contributed by atoms with E-state index in [0.29, 0.717) is 28.6 Å². The molecular formula is C53H31N5O. The highest BCUT2D eigenvalue weighted by Crippen LogP contribution is 2.39. The van der Waals surface area contributed by atoms with Gasteiger partial charge < -0.3 is 4.42 Å². The van der Waals surface area contributed by atoms with E-state index in [1.54, 1.807) is 18.2 Å². The maximum absolute atomic E-state index is 9.59. The number of rotatable bonds is 7. The first kappa shape index (κ1) is 35.0. The molecule has 0 aliphatic carbocycles. The van der Waals surface area contributed by atoms with E-state index in [0.717, 1.165) is 83.1 Å². The fourth-order valence-corrected chi connectivity index (χ4v) is 7.67. The van der Waals surface area contributed by atoms with Gasteiger partial charge in [-0.3, -0.25) is 0 Å². The Kier molecular flexibility index (Phi) is 8.84. The summed E-state index contributed by atoms with van der Waals surface area (Å²) in [5.74, 6) is 1.54. The molecule has 2 heterocycles. The Balaban J connectivity index is 1.15. The van der Waals surface area contributed by atoms with Gasteiger partial charge in [-0.15, -0.1) is 0 Å². The van der Waals surface area contributed by atoms with Gasteiger partial charge in [0.25, 0.3) is 0 Å². The average Bonchev–Trinajstić information content (AvgIpc) is 3.70. The largest absolute Gasteiger partial charge is 0.456 e. The molecule has 0 bridgehead atoms. The molecule has 0 N–H and O–H groups in total. The molecule has 8 aromatic carbocycles. The zero-order valence-electron chi connectivity index (χ0n) is 31.5. The molecule has 6 heteroatoms. The van der Waals surface area contributed by atoms with Crippen molar-refractivity contribution in [3.05, 3.63) is 199 Å². The molecular weight excluding hydrogens is 723 g/mol. The normalized spacial score (nSPS) is 11.0. The van der Waals surface area contributed by atoms with Gasteiger partial charge in [-0.25, -0.2) is 15.0 Å². The monoisotopic (exact) mass is 753 g/mol. The van der Waals surface area contributed by atoms with Crippen LogP contribution in [-0.2, 0) is 0 Å². The van der Waals surface area contributed by atoms with Crippen molar-refractivity contribution in [3.8, 4) is 90.8 Å². The second-order valence-electron chi connectivity index (χ2n) is 14.3. The van der Waals surface area contributed by atoms with Crippen molar-refractivity contribution in [1.82, 2.24) is 15.0 Å². The van der Waals surface area contributed by atoms with E-state index in [2.05, 4.69) is 84.9 Å². The SMILES string of the molecule is N#Cc1cc(C#N)cc(-c2ccc(-c3nc(-c4cc(-c5ccccc5)cc(-c5ccccc5)c4)nc(-c4ccc5c(c4)oc4cccc(-c6ccccc6)c45)n3)cc2)c1. The Morgan fingerprint density at radius 3 is 1.41 bits per heavy atom. The van der Waals surface area contributed by atoms with E-state index in [-0.39, 0.29) is 0 Å². The number of furan rings is 1. The maximum Gasteiger partial charge on any atom is 0.164 e. The minimum Gasteiger partial charge on any atom is -0.456 e. The molecule has 0 saturated heterocycles. The van der Waals surface area contributed by atoms with Crippen molar-refractivity contribution in [2.45, 2.75) is 0 Å². The van der Waals surface area contributed by atoms with Gasteiger partial charge in [0, 0.05) is 27.5 Å². The van der Waals surface area contributed by atoms with E-state index in [1.807, 2.05) is 97.1 Å². The molecule has 2 aromatic heterocycles. The van der Waals surface area contributed by atoms with Crippen LogP contribution in [0, 0.1) is 22.7 Å². The van der Waals surface area contributed by atoms with Crippen LogP contribution in [0.1, 0.15) is 11.1 Å². The molecule has 10 aromatic rings. The van der Waals surface area contributed by atoms with Crippen LogP contribution >= 0.6 is 0 Å². The second-order valence-corrected chi connectivity index (χ2v) is 14.3. The van der Waals surface area contributed by atoms with Gasteiger partial charge >= 0.3 is 0 Å². The second kappa shape index (κ2) is 14.9. The van der Waals surface area contributed by atoms with Crippen LogP contribution in [0.25, 0.3) is 101 Å². The standard InChI is InChI=1S/C53H31N5O/c54-32-34-25-35(33-55)27-42(26-34)38-19-21-40(22-20-38)51-56-52(41-23-24-47-49(31-41)59-48-18-10-17-46(50(47)48)39-15-8-3-9-16-39)58-53(57-51)45-29-43(36-11-4-1-5-12-36)28-44(30-45)37-13-6-2-7-14-37/h1-31H. The highest BCUT2D eigenvalue weighted by molar-refractivity contribution is 6.13. The molecule has 0 saturated carbocycles. The molecule has 0 unspecified atom stereocenters. The lowest BCUT2D eigenvalue weighted by Crippen LogP contribution is -2.00. The van der Waals surface area contributed by atoms with E-state index in [1.165, 1.54) is 0 Å². The molecule has 0 aliphatic rings. The Labute approximate surface area is 340 Å². The third-order valence-electron chi connectivity index (χ3n) is 10.5.